The molecule has 148 valence electrons. The molecule has 0 aliphatic rings. The number of aryl methyl sites for hydroxylation is 1. The van der Waals surface area contributed by atoms with Crippen LogP contribution in [0.3, 0.4) is 0 Å². The molecule has 1 aromatic heterocycles. The SMILES string of the molecule is CCN(c1cccc(C)c1)c1cncc(C(=O)Nc2ccc(NC(C)=O)cc2)c1. The van der Waals surface area contributed by atoms with Crippen LogP contribution in [0.1, 0.15) is 29.8 Å². The summed E-state index contributed by atoms with van der Waals surface area (Å²) in [5, 5.41) is 5.56. The lowest BCUT2D eigenvalue weighted by molar-refractivity contribution is -0.114. The zero-order chi connectivity index (χ0) is 20.8. The van der Waals surface area contributed by atoms with Crippen molar-refractivity contribution < 1.29 is 9.59 Å². The molecule has 0 saturated carbocycles. The maximum Gasteiger partial charge on any atom is 0.257 e. The predicted molar refractivity (Wildman–Crippen MR) is 117 cm³/mol. The van der Waals surface area contributed by atoms with Crippen molar-refractivity contribution in [3.8, 4) is 0 Å². The summed E-state index contributed by atoms with van der Waals surface area (Å²) in [6, 6.07) is 17.0. The van der Waals surface area contributed by atoms with Crippen molar-refractivity contribution in [2.24, 2.45) is 0 Å². The third-order valence-electron chi connectivity index (χ3n) is 4.39. The first-order valence-corrected chi connectivity index (χ1v) is 9.44. The molecule has 2 amide bonds. The molecule has 0 aliphatic heterocycles. The number of pyridine rings is 1. The van der Waals surface area contributed by atoms with Gasteiger partial charge in [0.15, 0.2) is 0 Å². The number of hydrogen-bond donors (Lipinski definition) is 2. The second-order valence-electron chi connectivity index (χ2n) is 6.73. The molecule has 0 aliphatic carbocycles. The number of nitrogens with zero attached hydrogens (tertiary/aromatic N) is 2. The van der Waals surface area contributed by atoms with Crippen molar-refractivity contribution in [3.63, 3.8) is 0 Å². The van der Waals surface area contributed by atoms with Gasteiger partial charge in [-0.1, -0.05) is 12.1 Å². The molecule has 3 aromatic rings. The van der Waals surface area contributed by atoms with Crippen molar-refractivity contribution in [2.45, 2.75) is 20.8 Å². The van der Waals surface area contributed by atoms with Crippen molar-refractivity contribution in [1.29, 1.82) is 0 Å². The van der Waals surface area contributed by atoms with E-state index in [1.165, 1.54) is 12.5 Å². The Morgan fingerprint density at radius 1 is 0.931 bits per heavy atom. The van der Waals surface area contributed by atoms with E-state index in [4.69, 9.17) is 0 Å². The molecule has 0 spiro atoms. The minimum Gasteiger partial charge on any atom is -0.340 e. The van der Waals surface area contributed by atoms with Crippen molar-refractivity contribution in [2.75, 3.05) is 22.1 Å². The Morgan fingerprint density at radius 2 is 1.62 bits per heavy atom. The standard InChI is InChI=1S/C23H24N4O2/c1-4-27(21-7-5-6-16(2)12-21)22-13-18(14-24-15-22)23(29)26-20-10-8-19(9-11-20)25-17(3)28/h5-15H,4H2,1-3H3,(H,25,28)(H,26,29). The van der Waals surface area contributed by atoms with Crippen LogP contribution >= 0.6 is 0 Å². The van der Waals surface area contributed by atoms with Gasteiger partial charge in [-0.15, -0.1) is 0 Å². The average Bonchev–Trinajstić information content (AvgIpc) is 2.70. The van der Waals surface area contributed by atoms with Gasteiger partial charge in [0.2, 0.25) is 5.91 Å². The zero-order valence-corrected chi connectivity index (χ0v) is 16.8. The maximum atomic E-state index is 12.7. The highest BCUT2D eigenvalue weighted by molar-refractivity contribution is 6.04. The fourth-order valence-corrected chi connectivity index (χ4v) is 3.05. The van der Waals surface area contributed by atoms with Gasteiger partial charge < -0.3 is 15.5 Å². The number of nitrogens with one attached hydrogen (secondary N) is 2. The van der Waals surface area contributed by atoms with E-state index < -0.39 is 0 Å². The molecule has 2 aromatic carbocycles. The van der Waals surface area contributed by atoms with Gasteiger partial charge >= 0.3 is 0 Å². The molecule has 0 radical (unpaired) electrons. The second-order valence-corrected chi connectivity index (χ2v) is 6.73. The lowest BCUT2D eigenvalue weighted by Gasteiger charge is -2.23. The van der Waals surface area contributed by atoms with Gasteiger partial charge in [0.05, 0.1) is 17.4 Å². The summed E-state index contributed by atoms with van der Waals surface area (Å²) < 4.78 is 0. The summed E-state index contributed by atoms with van der Waals surface area (Å²) >= 11 is 0. The Kier molecular flexibility index (Phi) is 6.24. The third kappa shape index (κ3) is 5.19. The summed E-state index contributed by atoms with van der Waals surface area (Å²) in [6.45, 7) is 6.31. The summed E-state index contributed by atoms with van der Waals surface area (Å²) in [5.74, 6) is -0.384. The number of hydrogen-bond acceptors (Lipinski definition) is 4. The van der Waals surface area contributed by atoms with Crippen LogP contribution in [0, 0.1) is 6.92 Å². The highest BCUT2D eigenvalue weighted by Gasteiger charge is 2.12. The lowest BCUT2D eigenvalue weighted by atomic mass is 10.1. The topological polar surface area (TPSA) is 74.3 Å². The number of carbonyl (C=O) groups is 2. The average molecular weight is 388 g/mol. The van der Waals surface area contributed by atoms with Gasteiger partial charge in [-0.25, -0.2) is 0 Å². The molecule has 0 atom stereocenters. The Morgan fingerprint density at radius 3 is 2.24 bits per heavy atom. The Balaban J connectivity index is 1.77. The van der Waals surface area contributed by atoms with Crippen LogP contribution < -0.4 is 15.5 Å². The molecule has 0 unspecified atom stereocenters. The molecule has 2 N–H and O–H groups in total. The van der Waals surface area contributed by atoms with E-state index in [-0.39, 0.29) is 11.8 Å². The third-order valence-corrected chi connectivity index (χ3v) is 4.39. The number of aromatic nitrogens is 1. The molecule has 3 rings (SSSR count). The second kappa shape index (κ2) is 9.01. The smallest absolute Gasteiger partial charge is 0.257 e. The van der Waals surface area contributed by atoms with E-state index in [0.29, 0.717) is 16.9 Å². The Labute approximate surface area is 170 Å². The quantitative estimate of drug-likeness (QED) is 0.638. The molecule has 6 nitrogen and oxygen atoms in total. The number of carbonyl (C=O) groups excluding carboxylic acids is 2. The highest BCUT2D eigenvalue weighted by Crippen LogP contribution is 2.26. The van der Waals surface area contributed by atoms with Gasteiger partial charge in [0.25, 0.3) is 5.91 Å². The van der Waals surface area contributed by atoms with Crippen LogP contribution in [0.25, 0.3) is 0 Å². The first-order valence-electron chi connectivity index (χ1n) is 9.44. The summed E-state index contributed by atoms with van der Waals surface area (Å²) in [6.07, 6.45) is 3.30. The lowest BCUT2D eigenvalue weighted by Crippen LogP contribution is -2.18. The van der Waals surface area contributed by atoms with E-state index in [1.807, 2.05) is 18.2 Å². The number of anilines is 4. The van der Waals surface area contributed by atoms with Crippen LogP contribution in [-0.2, 0) is 4.79 Å². The molecule has 29 heavy (non-hydrogen) atoms. The zero-order valence-electron chi connectivity index (χ0n) is 16.8. The summed E-state index contributed by atoms with van der Waals surface area (Å²) in [5.41, 5.74) is 4.87. The highest BCUT2D eigenvalue weighted by atomic mass is 16.2. The fraction of sp³-hybridized carbons (Fsp3) is 0.174. The van der Waals surface area contributed by atoms with Gasteiger partial charge in [0, 0.05) is 36.7 Å². The van der Waals surface area contributed by atoms with E-state index in [9.17, 15) is 9.59 Å². The summed E-state index contributed by atoms with van der Waals surface area (Å²) in [7, 11) is 0. The van der Waals surface area contributed by atoms with Crippen LogP contribution in [0.4, 0.5) is 22.7 Å². The molecule has 0 fully saturated rings. The van der Waals surface area contributed by atoms with Gasteiger partial charge in [-0.3, -0.25) is 14.6 Å². The molecular formula is C23H24N4O2. The number of rotatable bonds is 6. The van der Waals surface area contributed by atoms with E-state index in [2.05, 4.69) is 46.5 Å². The fourth-order valence-electron chi connectivity index (χ4n) is 3.05. The first kappa shape index (κ1) is 20.1. The Hall–Kier alpha value is -3.67. The number of amides is 2. The van der Waals surface area contributed by atoms with E-state index in [0.717, 1.165) is 17.9 Å². The Bertz CT molecular complexity index is 1020. The van der Waals surface area contributed by atoms with Crippen molar-refractivity contribution in [1.82, 2.24) is 4.98 Å². The van der Waals surface area contributed by atoms with E-state index >= 15 is 0 Å². The van der Waals surface area contributed by atoms with Gasteiger partial charge in [-0.2, -0.15) is 0 Å². The molecular weight excluding hydrogens is 364 g/mol. The normalized spacial score (nSPS) is 10.3. The molecule has 0 bridgehead atoms. The molecule has 6 heteroatoms. The molecule has 0 saturated heterocycles. The van der Waals surface area contributed by atoms with Gasteiger partial charge in [0.1, 0.15) is 0 Å². The van der Waals surface area contributed by atoms with Crippen LogP contribution in [0.5, 0.6) is 0 Å². The summed E-state index contributed by atoms with van der Waals surface area (Å²) in [4.78, 5) is 30.2. The van der Waals surface area contributed by atoms with Crippen LogP contribution in [0.15, 0.2) is 67.0 Å². The minimum absolute atomic E-state index is 0.140. The van der Waals surface area contributed by atoms with Crippen LogP contribution in [0.2, 0.25) is 0 Å². The van der Waals surface area contributed by atoms with Crippen LogP contribution in [-0.4, -0.2) is 23.3 Å². The molecule has 1 heterocycles. The number of benzene rings is 2. The minimum atomic E-state index is -0.244. The van der Waals surface area contributed by atoms with Crippen molar-refractivity contribution >= 4 is 34.6 Å². The predicted octanol–water partition coefficient (Wildman–Crippen LogP) is 4.76. The van der Waals surface area contributed by atoms with Crippen molar-refractivity contribution in [3.05, 3.63) is 78.1 Å². The maximum absolute atomic E-state index is 12.7. The van der Waals surface area contributed by atoms with Gasteiger partial charge in [-0.05, 0) is 61.9 Å². The van der Waals surface area contributed by atoms with E-state index in [1.54, 1.807) is 36.7 Å². The largest absolute Gasteiger partial charge is 0.340 e. The first-order chi connectivity index (χ1) is 14.0. The monoisotopic (exact) mass is 388 g/mol.